The minimum absolute atomic E-state index is 0.239. The van der Waals surface area contributed by atoms with Crippen LogP contribution in [0.5, 0.6) is 5.75 Å². The van der Waals surface area contributed by atoms with Crippen LogP contribution in [0.1, 0.15) is 75.3 Å². The summed E-state index contributed by atoms with van der Waals surface area (Å²) in [5.74, 6) is -0.0292. The third kappa shape index (κ3) is 10.1. The molecule has 44 heavy (non-hydrogen) atoms. The highest BCUT2D eigenvalue weighted by atomic mass is 16.6. The summed E-state index contributed by atoms with van der Waals surface area (Å²) in [5.41, 5.74) is 3.31. The van der Waals surface area contributed by atoms with Gasteiger partial charge in [0.15, 0.2) is 0 Å². The number of nitrogens with zero attached hydrogens (tertiary/aromatic N) is 1. The Morgan fingerprint density at radius 3 is 2.20 bits per heavy atom. The number of hydrogen-bond donors (Lipinski definition) is 2. The summed E-state index contributed by atoms with van der Waals surface area (Å²) in [6.45, 7) is 11.7. The SMILES string of the molecule is CCCCCN(C(=O)C(Cc1ccccc1)NC(=O)OC(C)(C)C)C(C(=O)Nc1ccc(OC)cc1)c1cc(C)ccc1C. The van der Waals surface area contributed by atoms with Gasteiger partial charge in [-0.1, -0.05) is 73.9 Å². The largest absolute Gasteiger partial charge is 0.497 e. The van der Waals surface area contributed by atoms with Gasteiger partial charge < -0.3 is 25.0 Å². The molecule has 3 aromatic carbocycles. The molecule has 0 fully saturated rings. The zero-order chi connectivity index (χ0) is 32.3. The van der Waals surface area contributed by atoms with Crippen molar-refractivity contribution >= 4 is 23.6 Å². The van der Waals surface area contributed by atoms with Crippen LogP contribution in [0.2, 0.25) is 0 Å². The first-order chi connectivity index (χ1) is 20.9. The van der Waals surface area contributed by atoms with Crippen LogP contribution in [-0.4, -0.2) is 48.1 Å². The van der Waals surface area contributed by atoms with Crippen molar-refractivity contribution in [1.29, 1.82) is 0 Å². The number of amides is 3. The van der Waals surface area contributed by atoms with Crippen molar-refractivity contribution in [1.82, 2.24) is 10.2 Å². The molecule has 3 amide bonds. The van der Waals surface area contributed by atoms with Crippen LogP contribution in [0, 0.1) is 13.8 Å². The lowest BCUT2D eigenvalue weighted by Crippen LogP contribution is -2.53. The summed E-state index contributed by atoms with van der Waals surface area (Å²) in [6.07, 6.45) is 2.07. The van der Waals surface area contributed by atoms with Crippen LogP contribution in [0.3, 0.4) is 0 Å². The number of unbranched alkanes of at least 4 members (excludes halogenated alkanes) is 2. The van der Waals surface area contributed by atoms with Gasteiger partial charge >= 0.3 is 6.09 Å². The first kappa shape index (κ1) is 34.2. The minimum Gasteiger partial charge on any atom is -0.497 e. The molecule has 8 nitrogen and oxygen atoms in total. The van der Waals surface area contributed by atoms with Gasteiger partial charge in [-0.3, -0.25) is 9.59 Å². The molecule has 0 aliphatic carbocycles. The van der Waals surface area contributed by atoms with E-state index in [9.17, 15) is 14.4 Å². The van der Waals surface area contributed by atoms with Crippen LogP contribution < -0.4 is 15.4 Å². The fourth-order valence-corrected chi connectivity index (χ4v) is 4.99. The Balaban J connectivity index is 2.09. The molecule has 8 heteroatoms. The van der Waals surface area contributed by atoms with Crippen molar-refractivity contribution in [3.8, 4) is 5.75 Å². The molecular weight excluding hydrogens is 554 g/mol. The van der Waals surface area contributed by atoms with Crippen molar-refractivity contribution in [3.63, 3.8) is 0 Å². The summed E-state index contributed by atoms with van der Waals surface area (Å²) in [4.78, 5) is 43.6. The minimum atomic E-state index is -0.963. The highest BCUT2D eigenvalue weighted by Gasteiger charge is 2.37. The molecule has 0 radical (unpaired) electrons. The lowest BCUT2D eigenvalue weighted by molar-refractivity contribution is -0.140. The van der Waals surface area contributed by atoms with Crippen LogP contribution in [0.25, 0.3) is 0 Å². The first-order valence-electron chi connectivity index (χ1n) is 15.3. The maximum Gasteiger partial charge on any atom is 0.408 e. The molecule has 0 saturated carbocycles. The summed E-state index contributed by atoms with van der Waals surface area (Å²) in [7, 11) is 1.58. The molecule has 2 unspecified atom stereocenters. The van der Waals surface area contributed by atoms with Crippen molar-refractivity contribution < 1.29 is 23.9 Å². The van der Waals surface area contributed by atoms with E-state index in [4.69, 9.17) is 9.47 Å². The van der Waals surface area contributed by atoms with Crippen molar-refractivity contribution in [3.05, 3.63) is 95.1 Å². The van der Waals surface area contributed by atoms with Gasteiger partial charge in [-0.25, -0.2) is 4.79 Å². The summed E-state index contributed by atoms with van der Waals surface area (Å²) in [5, 5.41) is 5.85. The topological polar surface area (TPSA) is 97.0 Å². The number of benzene rings is 3. The Morgan fingerprint density at radius 1 is 0.909 bits per heavy atom. The smallest absolute Gasteiger partial charge is 0.408 e. The van der Waals surface area contributed by atoms with Gasteiger partial charge in [-0.05, 0) is 82.0 Å². The first-order valence-corrected chi connectivity index (χ1v) is 15.3. The van der Waals surface area contributed by atoms with E-state index >= 15 is 0 Å². The number of carbonyl (C=O) groups is 3. The van der Waals surface area contributed by atoms with Crippen molar-refractivity contribution in [2.75, 3.05) is 19.0 Å². The second kappa shape index (κ2) is 15.9. The molecule has 0 spiro atoms. The van der Waals surface area contributed by atoms with Crippen molar-refractivity contribution in [2.45, 2.75) is 84.9 Å². The fourth-order valence-electron chi connectivity index (χ4n) is 4.99. The second-order valence-electron chi connectivity index (χ2n) is 12.1. The Labute approximate surface area is 262 Å². The van der Waals surface area contributed by atoms with E-state index in [1.54, 1.807) is 57.0 Å². The van der Waals surface area contributed by atoms with Crippen LogP contribution in [0.15, 0.2) is 72.8 Å². The maximum atomic E-state index is 14.7. The molecule has 0 aliphatic rings. The zero-order valence-electron chi connectivity index (χ0n) is 27.1. The Morgan fingerprint density at radius 2 is 1.59 bits per heavy atom. The second-order valence-corrected chi connectivity index (χ2v) is 12.1. The number of nitrogens with one attached hydrogen (secondary N) is 2. The van der Waals surface area contributed by atoms with Gasteiger partial charge in [0.1, 0.15) is 23.4 Å². The molecule has 236 valence electrons. The molecular formula is C36H47N3O5. The Hall–Kier alpha value is -4.33. The number of methoxy groups -OCH3 is 1. The van der Waals surface area contributed by atoms with Crippen molar-refractivity contribution in [2.24, 2.45) is 0 Å². The predicted molar refractivity (Wildman–Crippen MR) is 175 cm³/mol. The lowest BCUT2D eigenvalue weighted by atomic mass is 9.95. The van der Waals surface area contributed by atoms with Gasteiger partial charge in [0.25, 0.3) is 5.91 Å². The van der Waals surface area contributed by atoms with E-state index in [1.165, 1.54) is 0 Å². The number of rotatable bonds is 13. The maximum absolute atomic E-state index is 14.7. The average molecular weight is 602 g/mol. The average Bonchev–Trinajstić information content (AvgIpc) is 2.97. The quantitative estimate of drug-likeness (QED) is 0.203. The van der Waals surface area contributed by atoms with E-state index in [-0.39, 0.29) is 18.2 Å². The highest BCUT2D eigenvalue weighted by Crippen LogP contribution is 2.29. The molecule has 0 aliphatic heterocycles. The molecule has 2 N–H and O–H groups in total. The monoisotopic (exact) mass is 601 g/mol. The Bertz CT molecular complexity index is 1380. The third-order valence-electron chi connectivity index (χ3n) is 7.20. The molecule has 0 bridgehead atoms. The summed E-state index contributed by atoms with van der Waals surface area (Å²) in [6, 6.07) is 20.6. The predicted octanol–water partition coefficient (Wildman–Crippen LogP) is 7.15. The van der Waals surface area contributed by atoms with E-state index in [2.05, 4.69) is 17.6 Å². The standard InChI is InChI=1S/C36H47N3O5/c1-8-9-13-22-39(34(41)31(24-27-14-11-10-12-15-27)38-35(42)44-36(4,5)6)32(30-23-25(2)16-17-26(30)3)33(40)37-28-18-20-29(43-7)21-19-28/h10-12,14-21,23,31-32H,8-9,13,22,24H2,1-7H3,(H,37,40)(H,38,42). The number of ether oxygens (including phenoxy) is 2. The molecule has 3 aromatic rings. The molecule has 0 heterocycles. The van der Waals surface area contributed by atoms with Gasteiger partial charge in [-0.2, -0.15) is 0 Å². The van der Waals surface area contributed by atoms with Gasteiger partial charge in [0.2, 0.25) is 5.91 Å². The van der Waals surface area contributed by atoms with E-state index in [0.717, 1.165) is 35.1 Å². The summed E-state index contributed by atoms with van der Waals surface area (Å²) < 4.78 is 10.8. The third-order valence-corrected chi connectivity index (χ3v) is 7.20. The van der Waals surface area contributed by atoms with Crippen LogP contribution in [-0.2, 0) is 20.7 Å². The van der Waals surface area contributed by atoms with Gasteiger partial charge in [-0.15, -0.1) is 0 Å². The Kier molecular flexibility index (Phi) is 12.4. The zero-order valence-corrected chi connectivity index (χ0v) is 27.1. The number of carbonyl (C=O) groups excluding carboxylic acids is 3. The van der Waals surface area contributed by atoms with E-state index in [0.29, 0.717) is 24.4 Å². The van der Waals surface area contributed by atoms with Crippen LogP contribution >= 0.6 is 0 Å². The molecule has 2 atom stereocenters. The summed E-state index contributed by atoms with van der Waals surface area (Å²) >= 11 is 0. The van der Waals surface area contributed by atoms with E-state index < -0.39 is 23.8 Å². The molecule has 0 aromatic heterocycles. The highest BCUT2D eigenvalue weighted by molar-refractivity contribution is 5.99. The number of hydrogen-bond acceptors (Lipinski definition) is 5. The number of anilines is 1. The lowest BCUT2D eigenvalue weighted by Gasteiger charge is -2.35. The number of aryl methyl sites for hydroxylation is 2. The molecule has 0 saturated heterocycles. The van der Waals surface area contributed by atoms with Gasteiger partial charge in [0.05, 0.1) is 7.11 Å². The van der Waals surface area contributed by atoms with Gasteiger partial charge in [0, 0.05) is 18.7 Å². The fraction of sp³-hybridized carbons (Fsp3) is 0.417. The number of alkyl carbamates (subject to hydrolysis) is 1. The molecule has 3 rings (SSSR count). The van der Waals surface area contributed by atoms with Crippen LogP contribution in [0.4, 0.5) is 10.5 Å². The normalized spacial score (nSPS) is 12.5. The van der Waals surface area contributed by atoms with E-state index in [1.807, 2.05) is 62.4 Å².